The number of rotatable bonds is 7. The number of hydrogen-bond donors (Lipinski definition) is 3. The lowest BCUT2D eigenvalue weighted by Gasteiger charge is -2.12. The van der Waals surface area contributed by atoms with E-state index in [1.54, 1.807) is 17.7 Å². The molecule has 0 radical (unpaired) electrons. The Morgan fingerprint density at radius 1 is 1.44 bits per heavy atom. The number of esters is 1. The number of carbonyl (C=O) groups is 2. The molecule has 0 aliphatic carbocycles. The van der Waals surface area contributed by atoms with E-state index in [-0.39, 0.29) is 23.6 Å². The molecule has 130 valence electrons. The number of ether oxygens (including phenoxy) is 1. The minimum atomic E-state index is -1.20. The summed E-state index contributed by atoms with van der Waals surface area (Å²) < 4.78 is 6.33. The first-order valence-corrected chi connectivity index (χ1v) is 7.40. The Morgan fingerprint density at radius 3 is 2.80 bits per heavy atom. The molecular weight excluding hydrogens is 328 g/mol. The predicted octanol–water partition coefficient (Wildman–Crippen LogP) is 1.04. The smallest absolute Gasteiger partial charge is 0.339 e. The second kappa shape index (κ2) is 7.78. The van der Waals surface area contributed by atoms with Gasteiger partial charge in [0.1, 0.15) is 17.3 Å². The Bertz CT molecular complexity index is 880. The number of anilines is 1. The number of aryl methyl sites for hydroxylation is 1. The van der Waals surface area contributed by atoms with Gasteiger partial charge in [-0.15, -0.1) is 0 Å². The Labute approximate surface area is 142 Å². The van der Waals surface area contributed by atoms with Gasteiger partial charge in [-0.3, -0.25) is 10.9 Å². The van der Waals surface area contributed by atoms with Crippen LogP contribution in [-0.2, 0) is 16.1 Å². The van der Waals surface area contributed by atoms with Gasteiger partial charge in [0.15, 0.2) is 5.65 Å². The van der Waals surface area contributed by atoms with E-state index in [4.69, 9.17) is 10.00 Å². The van der Waals surface area contributed by atoms with Crippen molar-refractivity contribution >= 4 is 28.7 Å². The Kier molecular flexibility index (Phi) is 5.52. The molecule has 2 aromatic heterocycles. The van der Waals surface area contributed by atoms with Gasteiger partial charge in [-0.25, -0.2) is 19.3 Å². The van der Waals surface area contributed by atoms with Crippen molar-refractivity contribution in [3.05, 3.63) is 29.7 Å². The van der Waals surface area contributed by atoms with E-state index in [2.05, 4.69) is 20.9 Å². The minimum absolute atomic E-state index is 0.107. The van der Waals surface area contributed by atoms with E-state index < -0.39 is 11.9 Å². The van der Waals surface area contributed by atoms with Crippen molar-refractivity contribution in [2.24, 2.45) is 0 Å². The number of aromatic nitrogens is 3. The summed E-state index contributed by atoms with van der Waals surface area (Å²) in [5.41, 5.74) is 5.59. The maximum absolute atomic E-state index is 11.4. The molecule has 10 heteroatoms. The quantitative estimate of drug-likeness (QED) is 0.290. The van der Waals surface area contributed by atoms with Crippen LogP contribution in [0.25, 0.3) is 11.0 Å². The molecule has 25 heavy (non-hydrogen) atoms. The number of allylic oxidation sites excluding steroid dienone is 1. The minimum Gasteiger partial charge on any atom is -0.478 e. The highest BCUT2D eigenvalue weighted by Crippen LogP contribution is 2.25. The summed E-state index contributed by atoms with van der Waals surface area (Å²) in [7, 11) is 0. The standard InChI is InChI=1S/C15H16N6O4/c1-3-21-14-10(8-18-21)13(11(7-17-14)15(23)24)20-19-9(6-16)5-12(22)25-4-2/h5,7-8,19H,3-4H2,1-2H3,(H,17,20)(H,23,24). The Morgan fingerprint density at radius 2 is 2.20 bits per heavy atom. The van der Waals surface area contributed by atoms with Gasteiger partial charge >= 0.3 is 11.9 Å². The Hall–Kier alpha value is -3.61. The summed E-state index contributed by atoms with van der Waals surface area (Å²) in [5, 5.41) is 23.0. The molecule has 0 fully saturated rings. The van der Waals surface area contributed by atoms with E-state index in [9.17, 15) is 14.7 Å². The number of carboxylic acid groups (broad SMARTS) is 1. The van der Waals surface area contributed by atoms with Crippen LogP contribution in [0.4, 0.5) is 5.69 Å². The fraction of sp³-hybridized carbons (Fsp3) is 0.267. The zero-order chi connectivity index (χ0) is 18.4. The van der Waals surface area contributed by atoms with E-state index in [1.165, 1.54) is 12.4 Å². The first-order valence-electron chi connectivity index (χ1n) is 7.40. The molecule has 0 unspecified atom stereocenters. The fourth-order valence-electron chi connectivity index (χ4n) is 2.08. The highest BCUT2D eigenvalue weighted by molar-refractivity contribution is 6.03. The molecule has 0 amide bonds. The average molecular weight is 344 g/mol. The summed E-state index contributed by atoms with van der Waals surface area (Å²) in [5.74, 6) is -1.89. The predicted molar refractivity (Wildman–Crippen MR) is 87.2 cm³/mol. The fourth-order valence-corrected chi connectivity index (χ4v) is 2.08. The lowest BCUT2D eigenvalue weighted by molar-refractivity contribution is -0.137. The van der Waals surface area contributed by atoms with Gasteiger partial charge in [0.25, 0.3) is 0 Å². The Balaban J connectivity index is 2.37. The third kappa shape index (κ3) is 3.84. The lowest BCUT2D eigenvalue weighted by Crippen LogP contribution is -2.23. The van der Waals surface area contributed by atoms with Crippen LogP contribution < -0.4 is 10.9 Å². The summed E-state index contributed by atoms with van der Waals surface area (Å²) in [6.45, 7) is 4.25. The normalized spacial score (nSPS) is 11.0. The maximum atomic E-state index is 11.4. The second-order valence-corrected chi connectivity index (χ2v) is 4.72. The van der Waals surface area contributed by atoms with Gasteiger partial charge in [-0.1, -0.05) is 0 Å². The summed E-state index contributed by atoms with van der Waals surface area (Å²) in [6, 6.07) is 1.78. The van der Waals surface area contributed by atoms with E-state index in [1.807, 2.05) is 6.92 Å². The summed E-state index contributed by atoms with van der Waals surface area (Å²) in [4.78, 5) is 27.0. The van der Waals surface area contributed by atoms with Gasteiger partial charge < -0.3 is 9.84 Å². The number of hydrazine groups is 1. The number of carbonyl (C=O) groups excluding carboxylic acids is 1. The van der Waals surface area contributed by atoms with Crippen LogP contribution in [0.15, 0.2) is 24.2 Å². The molecule has 2 rings (SSSR count). The number of aromatic carboxylic acids is 1. The molecule has 2 heterocycles. The first-order chi connectivity index (χ1) is 12.0. The van der Waals surface area contributed by atoms with Crippen molar-refractivity contribution in [1.29, 1.82) is 5.26 Å². The zero-order valence-electron chi connectivity index (χ0n) is 13.6. The third-order valence-electron chi connectivity index (χ3n) is 3.19. The van der Waals surface area contributed by atoms with Crippen LogP contribution in [0, 0.1) is 11.3 Å². The van der Waals surface area contributed by atoms with Gasteiger partial charge in [-0.2, -0.15) is 10.4 Å². The molecule has 3 N–H and O–H groups in total. The van der Waals surface area contributed by atoms with Crippen molar-refractivity contribution in [3.63, 3.8) is 0 Å². The van der Waals surface area contributed by atoms with Gasteiger partial charge in [-0.05, 0) is 13.8 Å². The topological polar surface area (TPSA) is 142 Å². The molecule has 0 saturated heterocycles. The van der Waals surface area contributed by atoms with Crippen molar-refractivity contribution in [1.82, 2.24) is 20.2 Å². The maximum Gasteiger partial charge on any atom is 0.339 e. The highest BCUT2D eigenvalue weighted by Gasteiger charge is 2.17. The molecule has 0 aliphatic rings. The number of fused-ring (bicyclic) bond motifs is 1. The van der Waals surface area contributed by atoms with Crippen molar-refractivity contribution in [2.45, 2.75) is 20.4 Å². The molecule has 0 saturated carbocycles. The van der Waals surface area contributed by atoms with E-state index in [0.717, 1.165) is 6.08 Å². The third-order valence-corrected chi connectivity index (χ3v) is 3.19. The molecule has 2 aromatic rings. The summed E-state index contributed by atoms with van der Waals surface area (Å²) >= 11 is 0. The van der Waals surface area contributed by atoms with Crippen LogP contribution in [-0.4, -0.2) is 38.4 Å². The molecule has 10 nitrogen and oxygen atoms in total. The van der Waals surface area contributed by atoms with Crippen molar-refractivity contribution in [3.8, 4) is 6.07 Å². The average Bonchev–Trinajstić information content (AvgIpc) is 3.01. The van der Waals surface area contributed by atoms with Gasteiger partial charge in [0.05, 0.1) is 30.0 Å². The molecule has 0 spiro atoms. The molecule has 0 aromatic carbocycles. The number of nitriles is 1. The second-order valence-electron chi connectivity index (χ2n) is 4.72. The van der Waals surface area contributed by atoms with E-state index >= 15 is 0 Å². The lowest BCUT2D eigenvalue weighted by atomic mass is 10.2. The van der Waals surface area contributed by atoms with Crippen molar-refractivity contribution in [2.75, 3.05) is 12.0 Å². The number of nitrogens with zero attached hydrogens (tertiary/aromatic N) is 4. The van der Waals surface area contributed by atoms with Crippen LogP contribution in [0.1, 0.15) is 24.2 Å². The number of nitrogens with one attached hydrogen (secondary N) is 2. The number of hydrogen-bond acceptors (Lipinski definition) is 8. The van der Waals surface area contributed by atoms with Gasteiger partial charge in [0.2, 0.25) is 0 Å². The number of carboxylic acids is 1. The molecule has 0 atom stereocenters. The van der Waals surface area contributed by atoms with Crippen LogP contribution in [0.3, 0.4) is 0 Å². The van der Waals surface area contributed by atoms with Crippen LogP contribution in [0.5, 0.6) is 0 Å². The molecular formula is C15H16N6O4. The van der Waals surface area contributed by atoms with Crippen LogP contribution in [0.2, 0.25) is 0 Å². The van der Waals surface area contributed by atoms with E-state index in [0.29, 0.717) is 17.6 Å². The van der Waals surface area contributed by atoms with Crippen LogP contribution >= 0.6 is 0 Å². The van der Waals surface area contributed by atoms with Gasteiger partial charge in [0, 0.05) is 12.7 Å². The largest absolute Gasteiger partial charge is 0.478 e. The monoisotopic (exact) mass is 344 g/mol. The summed E-state index contributed by atoms with van der Waals surface area (Å²) in [6.07, 6.45) is 3.64. The van der Waals surface area contributed by atoms with Crippen molar-refractivity contribution < 1.29 is 19.4 Å². The highest BCUT2D eigenvalue weighted by atomic mass is 16.5. The first kappa shape index (κ1) is 17.7. The SMILES string of the molecule is CCOC(=O)C=C(C#N)NNc1c(C(=O)O)cnc2c1cnn2CC. The number of pyridine rings is 1. The molecule has 0 bridgehead atoms. The zero-order valence-corrected chi connectivity index (χ0v) is 13.6. The molecule has 0 aliphatic heterocycles.